The summed E-state index contributed by atoms with van der Waals surface area (Å²) in [6.45, 7) is 0.515. The Morgan fingerprint density at radius 1 is 1.41 bits per heavy atom. The number of thioether (sulfide) groups is 1. The van der Waals surface area contributed by atoms with Crippen LogP contribution in [0.5, 0.6) is 0 Å². The molecule has 4 nitrogen and oxygen atoms in total. The molecule has 2 rings (SSSR count). The molecule has 1 heterocycles. The van der Waals surface area contributed by atoms with E-state index >= 15 is 0 Å². The third-order valence-corrected chi connectivity index (χ3v) is 4.92. The van der Waals surface area contributed by atoms with Crippen LogP contribution in [-0.2, 0) is 9.53 Å². The van der Waals surface area contributed by atoms with Crippen LogP contribution >= 0.6 is 11.8 Å². The molecule has 0 bridgehead atoms. The SMILES string of the molecule is CSC1CCCC1NC(=O)C1CCC(CN)O1. The Hall–Kier alpha value is -0.260. The van der Waals surface area contributed by atoms with Crippen molar-refractivity contribution in [2.24, 2.45) is 5.73 Å². The summed E-state index contributed by atoms with van der Waals surface area (Å²) in [5.74, 6) is 0.0619. The van der Waals surface area contributed by atoms with Crippen LogP contribution in [0.4, 0.5) is 0 Å². The molecule has 98 valence electrons. The first-order chi connectivity index (χ1) is 8.24. The molecule has 0 aromatic carbocycles. The zero-order valence-electron chi connectivity index (χ0n) is 10.4. The van der Waals surface area contributed by atoms with E-state index in [1.54, 1.807) is 0 Å². The number of hydrogen-bond acceptors (Lipinski definition) is 4. The summed E-state index contributed by atoms with van der Waals surface area (Å²) in [6, 6.07) is 0.332. The van der Waals surface area contributed by atoms with E-state index in [0.717, 1.165) is 19.3 Å². The van der Waals surface area contributed by atoms with Gasteiger partial charge in [-0.1, -0.05) is 6.42 Å². The highest BCUT2D eigenvalue weighted by Gasteiger charge is 2.34. The van der Waals surface area contributed by atoms with Crippen LogP contribution in [0.25, 0.3) is 0 Å². The van der Waals surface area contributed by atoms with Gasteiger partial charge in [-0.3, -0.25) is 4.79 Å². The van der Waals surface area contributed by atoms with Gasteiger partial charge in [0, 0.05) is 17.8 Å². The van der Waals surface area contributed by atoms with Crippen molar-refractivity contribution in [2.45, 2.75) is 55.6 Å². The second kappa shape index (κ2) is 6.07. The van der Waals surface area contributed by atoms with Gasteiger partial charge in [-0.15, -0.1) is 0 Å². The molecule has 1 amide bonds. The van der Waals surface area contributed by atoms with Crippen molar-refractivity contribution in [3.8, 4) is 0 Å². The van der Waals surface area contributed by atoms with Crippen molar-refractivity contribution in [1.29, 1.82) is 0 Å². The number of rotatable bonds is 4. The number of hydrogen-bond donors (Lipinski definition) is 2. The summed E-state index contributed by atoms with van der Waals surface area (Å²) in [5.41, 5.74) is 5.54. The van der Waals surface area contributed by atoms with Gasteiger partial charge < -0.3 is 15.8 Å². The van der Waals surface area contributed by atoms with E-state index in [2.05, 4.69) is 11.6 Å². The number of carbonyl (C=O) groups is 1. The molecule has 0 radical (unpaired) electrons. The first-order valence-corrected chi connectivity index (χ1v) is 7.72. The minimum atomic E-state index is -0.272. The van der Waals surface area contributed by atoms with Crippen LogP contribution in [-0.4, -0.2) is 42.2 Å². The first-order valence-electron chi connectivity index (χ1n) is 6.43. The van der Waals surface area contributed by atoms with Gasteiger partial charge in [0.15, 0.2) is 0 Å². The lowest BCUT2D eigenvalue weighted by molar-refractivity contribution is -0.132. The molecule has 1 aliphatic carbocycles. The first kappa shape index (κ1) is 13.2. The molecule has 17 heavy (non-hydrogen) atoms. The highest BCUT2D eigenvalue weighted by atomic mass is 32.2. The molecule has 2 fully saturated rings. The Morgan fingerprint density at radius 3 is 2.88 bits per heavy atom. The quantitative estimate of drug-likeness (QED) is 0.786. The molecule has 5 heteroatoms. The number of nitrogens with two attached hydrogens (primary N) is 1. The fourth-order valence-corrected chi connectivity index (χ4v) is 3.66. The maximum absolute atomic E-state index is 12.0. The molecular weight excluding hydrogens is 236 g/mol. The number of carbonyl (C=O) groups excluding carboxylic acids is 1. The van der Waals surface area contributed by atoms with Crippen molar-refractivity contribution >= 4 is 17.7 Å². The van der Waals surface area contributed by atoms with Crippen molar-refractivity contribution < 1.29 is 9.53 Å². The standard InChI is InChI=1S/C12H22N2O2S/c1-17-11-4-2-3-9(11)14-12(15)10-6-5-8(7-13)16-10/h8-11H,2-7,13H2,1H3,(H,14,15). The van der Waals surface area contributed by atoms with Gasteiger partial charge in [0.25, 0.3) is 0 Å². The summed E-state index contributed by atoms with van der Waals surface area (Å²) in [4.78, 5) is 12.0. The third-order valence-electron chi connectivity index (χ3n) is 3.75. The second-order valence-electron chi connectivity index (χ2n) is 4.88. The van der Waals surface area contributed by atoms with Gasteiger partial charge in [0.1, 0.15) is 6.10 Å². The Bertz CT molecular complexity index is 275. The molecule has 4 unspecified atom stereocenters. The topological polar surface area (TPSA) is 64.4 Å². The van der Waals surface area contributed by atoms with Gasteiger partial charge >= 0.3 is 0 Å². The van der Waals surface area contributed by atoms with Crippen LogP contribution in [0.1, 0.15) is 32.1 Å². The summed E-state index contributed by atoms with van der Waals surface area (Å²) in [6.07, 6.45) is 7.17. The van der Waals surface area contributed by atoms with Gasteiger partial charge in [-0.2, -0.15) is 11.8 Å². The minimum Gasteiger partial charge on any atom is -0.364 e. The van der Waals surface area contributed by atoms with Crippen molar-refractivity contribution in [3.63, 3.8) is 0 Å². The van der Waals surface area contributed by atoms with E-state index in [0.29, 0.717) is 17.8 Å². The smallest absolute Gasteiger partial charge is 0.249 e. The summed E-state index contributed by atoms with van der Waals surface area (Å²) in [5, 5.41) is 3.72. The van der Waals surface area contributed by atoms with Crippen LogP contribution in [0.2, 0.25) is 0 Å². The van der Waals surface area contributed by atoms with E-state index in [-0.39, 0.29) is 18.1 Å². The highest BCUT2D eigenvalue weighted by Crippen LogP contribution is 2.29. The molecular formula is C12H22N2O2S. The van der Waals surface area contributed by atoms with E-state index in [1.807, 2.05) is 11.8 Å². The van der Waals surface area contributed by atoms with E-state index in [4.69, 9.17) is 10.5 Å². The second-order valence-corrected chi connectivity index (χ2v) is 5.96. The highest BCUT2D eigenvalue weighted by molar-refractivity contribution is 7.99. The third kappa shape index (κ3) is 3.14. The molecule has 0 spiro atoms. The normalized spacial score (nSPS) is 37.3. The predicted molar refractivity (Wildman–Crippen MR) is 70.0 cm³/mol. The van der Waals surface area contributed by atoms with Crippen molar-refractivity contribution in [2.75, 3.05) is 12.8 Å². The van der Waals surface area contributed by atoms with E-state index < -0.39 is 0 Å². The van der Waals surface area contributed by atoms with Crippen LogP contribution < -0.4 is 11.1 Å². The molecule has 2 aliphatic rings. The van der Waals surface area contributed by atoms with Gasteiger partial charge in [0.05, 0.1) is 6.10 Å². The number of nitrogens with one attached hydrogen (secondary N) is 1. The van der Waals surface area contributed by atoms with Crippen LogP contribution in [0.3, 0.4) is 0 Å². The lowest BCUT2D eigenvalue weighted by atomic mass is 10.1. The van der Waals surface area contributed by atoms with Crippen molar-refractivity contribution in [3.05, 3.63) is 0 Å². The van der Waals surface area contributed by atoms with E-state index in [9.17, 15) is 4.79 Å². The lowest BCUT2D eigenvalue weighted by Gasteiger charge is -2.21. The molecule has 0 aromatic rings. The molecule has 1 aliphatic heterocycles. The van der Waals surface area contributed by atoms with Crippen LogP contribution in [0, 0.1) is 0 Å². The summed E-state index contributed by atoms with van der Waals surface area (Å²) >= 11 is 1.85. The maximum atomic E-state index is 12.0. The molecule has 1 saturated heterocycles. The number of ether oxygens (including phenoxy) is 1. The molecule has 3 N–H and O–H groups in total. The Kier molecular flexibility index (Phi) is 4.70. The van der Waals surface area contributed by atoms with Crippen LogP contribution in [0.15, 0.2) is 0 Å². The zero-order valence-corrected chi connectivity index (χ0v) is 11.2. The average Bonchev–Trinajstić information content (AvgIpc) is 2.96. The van der Waals surface area contributed by atoms with Gasteiger partial charge in [-0.25, -0.2) is 0 Å². The fourth-order valence-electron chi connectivity index (χ4n) is 2.72. The fraction of sp³-hybridized carbons (Fsp3) is 0.917. The maximum Gasteiger partial charge on any atom is 0.249 e. The molecule has 4 atom stereocenters. The minimum absolute atomic E-state index is 0.0619. The van der Waals surface area contributed by atoms with Crippen molar-refractivity contribution in [1.82, 2.24) is 5.32 Å². The van der Waals surface area contributed by atoms with Gasteiger partial charge in [0.2, 0.25) is 5.91 Å². The summed E-state index contributed by atoms with van der Waals surface area (Å²) in [7, 11) is 0. The molecule has 1 saturated carbocycles. The predicted octanol–water partition coefficient (Wildman–Crippen LogP) is 0.893. The summed E-state index contributed by atoms with van der Waals surface area (Å²) < 4.78 is 5.61. The number of amides is 1. The Morgan fingerprint density at radius 2 is 2.24 bits per heavy atom. The van der Waals surface area contributed by atoms with Gasteiger partial charge in [-0.05, 0) is 31.9 Å². The monoisotopic (exact) mass is 258 g/mol. The Labute approximate surface area is 107 Å². The molecule has 0 aromatic heterocycles. The largest absolute Gasteiger partial charge is 0.364 e. The lowest BCUT2D eigenvalue weighted by Crippen LogP contribution is -2.44. The van der Waals surface area contributed by atoms with E-state index in [1.165, 1.54) is 12.8 Å². The Balaban J connectivity index is 1.81. The average molecular weight is 258 g/mol. The zero-order chi connectivity index (χ0) is 12.3.